The molecule has 3 aromatic rings. The number of hydrogen-bond donors (Lipinski definition) is 3. The Bertz CT molecular complexity index is 1360. The number of ether oxygens (including phenoxy) is 2. The molecular weight excluding hydrogens is 468 g/mol. The molecule has 0 saturated carbocycles. The number of carbonyl (C=O) groups is 3. The molecule has 0 aliphatic carbocycles. The first kappa shape index (κ1) is 25.7. The van der Waals surface area contributed by atoms with Gasteiger partial charge in [-0.1, -0.05) is 18.2 Å². The summed E-state index contributed by atoms with van der Waals surface area (Å²) in [5, 5.41) is 6.14. The van der Waals surface area contributed by atoms with Crippen LogP contribution in [0.2, 0.25) is 0 Å². The van der Waals surface area contributed by atoms with Crippen molar-refractivity contribution in [1.82, 2.24) is 14.8 Å². The summed E-state index contributed by atoms with van der Waals surface area (Å²) in [6, 6.07) is 13.6. The minimum atomic E-state index is -1.06. The number of nitrogens with zero attached hydrogens (tertiary/aromatic N) is 3. The molecule has 0 unspecified atom stereocenters. The first-order chi connectivity index (χ1) is 17.2. The topological polar surface area (TPSA) is 159 Å². The van der Waals surface area contributed by atoms with E-state index in [4.69, 9.17) is 15.2 Å². The number of hydrazone groups is 1. The van der Waals surface area contributed by atoms with Crippen LogP contribution in [0.1, 0.15) is 18.2 Å². The van der Waals surface area contributed by atoms with Gasteiger partial charge in [0.25, 0.3) is 11.5 Å². The Morgan fingerprint density at radius 1 is 1.06 bits per heavy atom. The quantitative estimate of drug-likeness (QED) is 0.227. The van der Waals surface area contributed by atoms with E-state index >= 15 is 0 Å². The van der Waals surface area contributed by atoms with Gasteiger partial charge >= 0.3 is 11.8 Å². The third-order valence-electron chi connectivity index (χ3n) is 5.02. The third-order valence-corrected chi connectivity index (χ3v) is 5.02. The molecule has 12 nitrogen and oxygen atoms in total. The van der Waals surface area contributed by atoms with E-state index in [1.54, 1.807) is 68.0 Å². The lowest BCUT2D eigenvalue weighted by Crippen LogP contribution is -2.34. The van der Waals surface area contributed by atoms with Gasteiger partial charge in [0.1, 0.15) is 5.69 Å². The van der Waals surface area contributed by atoms with Gasteiger partial charge in [-0.15, -0.1) is 0 Å². The molecule has 4 N–H and O–H groups in total. The molecule has 3 amide bonds. The Balaban J connectivity index is 1.68. The molecule has 0 radical (unpaired) electrons. The highest BCUT2D eigenvalue weighted by Gasteiger charge is 2.21. The zero-order chi connectivity index (χ0) is 26.2. The maximum Gasteiger partial charge on any atom is 0.329 e. The molecule has 0 aliphatic rings. The molecule has 188 valence electrons. The van der Waals surface area contributed by atoms with Crippen molar-refractivity contribution in [2.24, 2.45) is 17.9 Å². The summed E-state index contributed by atoms with van der Waals surface area (Å²) >= 11 is 0. The van der Waals surface area contributed by atoms with E-state index in [2.05, 4.69) is 15.8 Å². The van der Waals surface area contributed by atoms with Gasteiger partial charge in [-0.25, -0.2) is 10.1 Å². The molecule has 0 aliphatic heterocycles. The van der Waals surface area contributed by atoms with Gasteiger partial charge in [0.15, 0.2) is 18.1 Å². The summed E-state index contributed by atoms with van der Waals surface area (Å²) in [6.45, 7) is 3.46. The van der Waals surface area contributed by atoms with Gasteiger partial charge in [0.2, 0.25) is 0 Å². The average molecular weight is 495 g/mol. The highest BCUT2D eigenvalue weighted by molar-refractivity contribution is 6.39. The third kappa shape index (κ3) is 5.97. The number of amides is 3. The Morgan fingerprint density at radius 3 is 2.44 bits per heavy atom. The van der Waals surface area contributed by atoms with Crippen LogP contribution in [-0.2, 0) is 21.4 Å². The van der Waals surface area contributed by atoms with Crippen LogP contribution in [0.5, 0.6) is 11.5 Å². The van der Waals surface area contributed by atoms with Gasteiger partial charge in [0, 0.05) is 7.05 Å². The number of nitrogens with one attached hydrogen (secondary N) is 2. The minimum absolute atomic E-state index is 0.0154. The fraction of sp³-hybridized carbons (Fsp3) is 0.208. The SMILES string of the molecule is CCOc1cc(/C=N/NC(=O)C(=O)Nc2c(C)n(C)n(-c3ccccc3)c2=O)ccc1OCC(N)=O. The summed E-state index contributed by atoms with van der Waals surface area (Å²) in [5.74, 6) is -2.08. The van der Waals surface area contributed by atoms with Crippen LogP contribution in [0.3, 0.4) is 0 Å². The maximum atomic E-state index is 12.9. The van der Waals surface area contributed by atoms with E-state index < -0.39 is 23.3 Å². The van der Waals surface area contributed by atoms with Crippen molar-refractivity contribution in [3.8, 4) is 17.2 Å². The number of anilines is 1. The molecule has 0 fully saturated rings. The largest absolute Gasteiger partial charge is 0.490 e. The smallest absolute Gasteiger partial charge is 0.329 e. The predicted molar refractivity (Wildman–Crippen MR) is 132 cm³/mol. The van der Waals surface area contributed by atoms with Crippen molar-refractivity contribution in [3.63, 3.8) is 0 Å². The van der Waals surface area contributed by atoms with E-state index in [0.29, 0.717) is 35.1 Å². The van der Waals surface area contributed by atoms with Crippen molar-refractivity contribution in [1.29, 1.82) is 0 Å². The first-order valence-electron chi connectivity index (χ1n) is 10.9. The second-order valence-corrected chi connectivity index (χ2v) is 7.48. The Kier molecular flexibility index (Phi) is 8.23. The number of primary amides is 1. The second-order valence-electron chi connectivity index (χ2n) is 7.48. The lowest BCUT2D eigenvalue weighted by molar-refractivity contribution is -0.136. The van der Waals surface area contributed by atoms with E-state index in [-0.39, 0.29) is 12.3 Å². The molecule has 0 spiro atoms. The molecule has 1 heterocycles. The minimum Gasteiger partial charge on any atom is -0.490 e. The fourth-order valence-electron chi connectivity index (χ4n) is 3.24. The first-order valence-corrected chi connectivity index (χ1v) is 10.9. The number of benzene rings is 2. The van der Waals surface area contributed by atoms with Crippen LogP contribution in [0, 0.1) is 6.92 Å². The van der Waals surface area contributed by atoms with Crippen LogP contribution in [0.25, 0.3) is 5.69 Å². The van der Waals surface area contributed by atoms with Gasteiger partial charge in [0.05, 0.1) is 24.2 Å². The normalized spacial score (nSPS) is 10.8. The van der Waals surface area contributed by atoms with Crippen molar-refractivity contribution in [2.75, 3.05) is 18.5 Å². The molecule has 3 rings (SSSR count). The highest BCUT2D eigenvalue weighted by atomic mass is 16.5. The van der Waals surface area contributed by atoms with E-state index in [1.807, 2.05) is 6.07 Å². The van der Waals surface area contributed by atoms with Crippen molar-refractivity contribution in [3.05, 3.63) is 70.1 Å². The summed E-state index contributed by atoms with van der Waals surface area (Å²) < 4.78 is 13.7. The van der Waals surface area contributed by atoms with Gasteiger partial charge in [-0.2, -0.15) is 5.10 Å². The number of para-hydroxylation sites is 1. The molecule has 1 aromatic heterocycles. The molecule has 2 aromatic carbocycles. The summed E-state index contributed by atoms with van der Waals surface area (Å²) in [5.41, 5.74) is 8.32. The monoisotopic (exact) mass is 494 g/mol. The van der Waals surface area contributed by atoms with Crippen molar-refractivity contribution in [2.45, 2.75) is 13.8 Å². The number of rotatable bonds is 9. The Hall–Kier alpha value is -4.87. The van der Waals surface area contributed by atoms with Crippen LogP contribution in [-0.4, -0.2) is 46.5 Å². The zero-order valence-electron chi connectivity index (χ0n) is 20.0. The predicted octanol–water partition coefficient (Wildman–Crippen LogP) is 0.836. The van der Waals surface area contributed by atoms with Gasteiger partial charge in [-0.3, -0.25) is 23.9 Å². The summed E-state index contributed by atoms with van der Waals surface area (Å²) in [4.78, 5) is 48.5. The van der Waals surface area contributed by atoms with E-state index in [9.17, 15) is 19.2 Å². The second kappa shape index (κ2) is 11.5. The summed E-state index contributed by atoms with van der Waals surface area (Å²) in [6.07, 6.45) is 1.29. The van der Waals surface area contributed by atoms with E-state index in [0.717, 1.165) is 0 Å². The van der Waals surface area contributed by atoms with E-state index in [1.165, 1.54) is 10.9 Å². The number of nitrogens with two attached hydrogens (primary N) is 1. The van der Waals surface area contributed by atoms with Gasteiger partial charge < -0.3 is 20.5 Å². The number of aromatic nitrogens is 2. The maximum absolute atomic E-state index is 12.9. The van der Waals surface area contributed by atoms with Crippen LogP contribution >= 0.6 is 0 Å². The summed E-state index contributed by atoms with van der Waals surface area (Å²) in [7, 11) is 1.67. The number of hydrogen-bond acceptors (Lipinski definition) is 7. The molecule has 0 bridgehead atoms. The number of carbonyl (C=O) groups excluding carboxylic acids is 3. The fourth-order valence-corrected chi connectivity index (χ4v) is 3.24. The Morgan fingerprint density at radius 2 is 1.78 bits per heavy atom. The van der Waals surface area contributed by atoms with Crippen molar-refractivity contribution >= 4 is 29.6 Å². The lowest BCUT2D eigenvalue weighted by Gasteiger charge is -2.11. The molecule has 12 heteroatoms. The molecule has 0 atom stereocenters. The standard InChI is InChI=1S/C24H26N6O6/c1-4-35-19-12-16(10-11-18(19)36-14-20(25)31)13-26-28-23(33)22(32)27-21-15(2)29(3)30(24(21)34)17-8-6-5-7-9-17/h5-13H,4,14H2,1-3H3,(H2,25,31)(H,27,32)(H,28,33)/b26-13+. The highest BCUT2D eigenvalue weighted by Crippen LogP contribution is 2.28. The van der Waals surface area contributed by atoms with Crippen LogP contribution < -0.4 is 31.5 Å². The zero-order valence-corrected chi connectivity index (χ0v) is 20.0. The van der Waals surface area contributed by atoms with Crippen molar-refractivity contribution < 1.29 is 23.9 Å². The van der Waals surface area contributed by atoms with Crippen LogP contribution in [0.15, 0.2) is 58.4 Å². The molecule has 0 saturated heterocycles. The van der Waals surface area contributed by atoms with Crippen LogP contribution in [0.4, 0.5) is 5.69 Å². The van der Waals surface area contributed by atoms with Gasteiger partial charge in [-0.05, 0) is 49.7 Å². The Labute approximate surface area is 206 Å². The lowest BCUT2D eigenvalue weighted by atomic mass is 10.2. The molecule has 36 heavy (non-hydrogen) atoms. The average Bonchev–Trinajstić information content (AvgIpc) is 3.07. The molecular formula is C24H26N6O6.